The number of benzene rings is 1. The van der Waals surface area contributed by atoms with Crippen LogP contribution in [0.15, 0.2) is 30.3 Å². The summed E-state index contributed by atoms with van der Waals surface area (Å²) >= 11 is 0. The van der Waals surface area contributed by atoms with Gasteiger partial charge in [0.25, 0.3) is 0 Å². The van der Waals surface area contributed by atoms with Gasteiger partial charge >= 0.3 is 5.97 Å². The lowest BCUT2D eigenvalue weighted by molar-refractivity contribution is -0.143. The first kappa shape index (κ1) is 17.2. The number of carbonyl (C=O) groups is 2. The van der Waals surface area contributed by atoms with E-state index < -0.39 is 23.8 Å². The summed E-state index contributed by atoms with van der Waals surface area (Å²) in [6.07, 6.45) is 0. The highest BCUT2D eigenvalue weighted by atomic mass is 16.4. The van der Waals surface area contributed by atoms with Crippen LogP contribution in [0.1, 0.15) is 32.4 Å². The van der Waals surface area contributed by atoms with Gasteiger partial charge in [-0.05, 0) is 12.5 Å². The van der Waals surface area contributed by atoms with Crippen molar-refractivity contribution in [1.82, 2.24) is 4.90 Å². The van der Waals surface area contributed by atoms with Crippen LogP contribution in [0.5, 0.6) is 0 Å². The molecule has 0 saturated heterocycles. The van der Waals surface area contributed by atoms with Crippen LogP contribution in [-0.4, -0.2) is 35.0 Å². The Hall–Kier alpha value is -1.88. The molecule has 0 saturated carbocycles. The molecule has 1 amide bonds. The summed E-state index contributed by atoms with van der Waals surface area (Å²) in [7, 11) is 0. The zero-order valence-corrected chi connectivity index (χ0v) is 12.8. The molecule has 0 aromatic heterocycles. The molecule has 3 atom stereocenters. The lowest BCUT2D eigenvalue weighted by Crippen LogP contribution is -2.42. The SMILES string of the molecule is CCN(CC(C)C(=O)O)C(=O)C(C)C(N)c1ccccc1. The highest BCUT2D eigenvalue weighted by Gasteiger charge is 2.27. The predicted octanol–water partition coefficient (Wildman–Crippen LogP) is 1.89. The van der Waals surface area contributed by atoms with Gasteiger partial charge in [0.1, 0.15) is 0 Å². The van der Waals surface area contributed by atoms with Gasteiger partial charge < -0.3 is 15.7 Å². The molecule has 0 aliphatic heterocycles. The molecule has 5 heteroatoms. The molecule has 3 unspecified atom stereocenters. The van der Waals surface area contributed by atoms with Crippen LogP contribution >= 0.6 is 0 Å². The van der Waals surface area contributed by atoms with Crippen molar-refractivity contribution in [2.24, 2.45) is 17.6 Å². The minimum atomic E-state index is -0.902. The Morgan fingerprint density at radius 2 is 1.81 bits per heavy atom. The van der Waals surface area contributed by atoms with Gasteiger partial charge in [-0.1, -0.05) is 44.2 Å². The molecule has 5 nitrogen and oxygen atoms in total. The first-order valence-corrected chi connectivity index (χ1v) is 7.20. The molecular formula is C16H24N2O3. The maximum Gasteiger partial charge on any atom is 0.308 e. The van der Waals surface area contributed by atoms with Crippen molar-refractivity contribution in [2.45, 2.75) is 26.8 Å². The van der Waals surface area contributed by atoms with Gasteiger partial charge in [-0.3, -0.25) is 9.59 Å². The summed E-state index contributed by atoms with van der Waals surface area (Å²) in [5, 5.41) is 8.97. The van der Waals surface area contributed by atoms with Crippen LogP contribution in [0.2, 0.25) is 0 Å². The number of carbonyl (C=O) groups excluding carboxylic acids is 1. The molecular weight excluding hydrogens is 268 g/mol. The average molecular weight is 292 g/mol. The minimum absolute atomic E-state index is 0.109. The van der Waals surface area contributed by atoms with E-state index in [4.69, 9.17) is 10.8 Å². The predicted molar refractivity (Wildman–Crippen MR) is 81.6 cm³/mol. The van der Waals surface area contributed by atoms with Gasteiger partial charge in [0.2, 0.25) is 5.91 Å². The second kappa shape index (κ2) is 7.78. The van der Waals surface area contributed by atoms with Gasteiger partial charge in [-0.2, -0.15) is 0 Å². The Morgan fingerprint density at radius 3 is 2.29 bits per heavy atom. The first-order chi connectivity index (χ1) is 9.88. The molecule has 0 aliphatic carbocycles. The Bertz CT molecular complexity index is 476. The zero-order chi connectivity index (χ0) is 16.0. The van der Waals surface area contributed by atoms with E-state index in [0.29, 0.717) is 6.54 Å². The van der Waals surface area contributed by atoms with Crippen molar-refractivity contribution >= 4 is 11.9 Å². The lowest BCUT2D eigenvalue weighted by atomic mass is 9.94. The van der Waals surface area contributed by atoms with Gasteiger partial charge in [0.15, 0.2) is 0 Å². The number of hydrogen-bond acceptors (Lipinski definition) is 3. The lowest BCUT2D eigenvalue weighted by Gasteiger charge is -2.28. The third kappa shape index (κ3) is 4.56. The summed E-state index contributed by atoms with van der Waals surface area (Å²) in [5.74, 6) is -1.99. The maximum atomic E-state index is 12.5. The molecule has 1 aromatic carbocycles. The van der Waals surface area contributed by atoms with Gasteiger partial charge in [-0.15, -0.1) is 0 Å². The quantitative estimate of drug-likeness (QED) is 0.804. The van der Waals surface area contributed by atoms with Gasteiger partial charge in [0, 0.05) is 19.1 Å². The minimum Gasteiger partial charge on any atom is -0.481 e. The van der Waals surface area contributed by atoms with E-state index in [1.54, 1.807) is 18.7 Å². The molecule has 1 aromatic rings. The molecule has 0 fully saturated rings. The summed E-state index contributed by atoms with van der Waals surface area (Å²) in [5.41, 5.74) is 7.06. The molecule has 1 rings (SSSR count). The molecule has 0 aliphatic rings. The fraction of sp³-hybridized carbons (Fsp3) is 0.500. The average Bonchev–Trinajstić information content (AvgIpc) is 2.50. The Kier molecular flexibility index (Phi) is 6.37. The third-order valence-electron chi connectivity index (χ3n) is 3.72. The van der Waals surface area contributed by atoms with E-state index in [2.05, 4.69) is 0 Å². The van der Waals surface area contributed by atoms with Crippen LogP contribution < -0.4 is 5.73 Å². The number of rotatable bonds is 7. The molecule has 116 valence electrons. The Labute approximate surface area is 125 Å². The number of nitrogens with zero attached hydrogens (tertiary/aromatic N) is 1. The topological polar surface area (TPSA) is 83.6 Å². The Morgan fingerprint density at radius 1 is 1.24 bits per heavy atom. The summed E-state index contributed by atoms with van der Waals surface area (Å²) in [6.45, 7) is 5.90. The second-order valence-electron chi connectivity index (χ2n) is 5.34. The van der Waals surface area contributed by atoms with Crippen molar-refractivity contribution in [3.8, 4) is 0 Å². The van der Waals surface area contributed by atoms with E-state index in [1.165, 1.54) is 0 Å². The third-order valence-corrected chi connectivity index (χ3v) is 3.72. The molecule has 3 N–H and O–H groups in total. The van der Waals surface area contributed by atoms with Crippen molar-refractivity contribution in [3.63, 3.8) is 0 Å². The van der Waals surface area contributed by atoms with E-state index in [9.17, 15) is 9.59 Å². The molecule has 0 radical (unpaired) electrons. The molecule has 0 bridgehead atoms. The summed E-state index contributed by atoms with van der Waals surface area (Å²) in [6, 6.07) is 9.06. The van der Waals surface area contributed by atoms with E-state index >= 15 is 0 Å². The van der Waals surface area contributed by atoms with Crippen molar-refractivity contribution < 1.29 is 14.7 Å². The normalized spacial score (nSPS) is 15.0. The second-order valence-corrected chi connectivity index (χ2v) is 5.34. The van der Waals surface area contributed by atoms with Crippen LogP contribution in [0, 0.1) is 11.8 Å². The monoisotopic (exact) mass is 292 g/mol. The Balaban J connectivity index is 2.77. The largest absolute Gasteiger partial charge is 0.481 e. The molecule has 0 heterocycles. The number of carboxylic acid groups (broad SMARTS) is 1. The fourth-order valence-corrected chi connectivity index (χ4v) is 2.19. The van der Waals surface area contributed by atoms with Crippen LogP contribution in [0.25, 0.3) is 0 Å². The summed E-state index contributed by atoms with van der Waals surface area (Å²) < 4.78 is 0. The standard InChI is InChI=1S/C16H24N2O3/c1-4-18(10-11(2)16(20)21)15(19)12(3)14(17)13-8-6-5-7-9-13/h5-9,11-12,14H,4,10,17H2,1-3H3,(H,20,21). The fourth-order valence-electron chi connectivity index (χ4n) is 2.19. The first-order valence-electron chi connectivity index (χ1n) is 7.20. The van der Waals surface area contributed by atoms with Crippen LogP contribution in [-0.2, 0) is 9.59 Å². The smallest absolute Gasteiger partial charge is 0.308 e. The van der Waals surface area contributed by atoms with Crippen molar-refractivity contribution in [2.75, 3.05) is 13.1 Å². The van der Waals surface area contributed by atoms with E-state index in [0.717, 1.165) is 5.56 Å². The summed E-state index contributed by atoms with van der Waals surface area (Å²) in [4.78, 5) is 25.0. The van der Waals surface area contributed by atoms with E-state index in [-0.39, 0.29) is 12.5 Å². The zero-order valence-electron chi connectivity index (χ0n) is 12.8. The van der Waals surface area contributed by atoms with Gasteiger partial charge in [-0.25, -0.2) is 0 Å². The maximum absolute atomic E-state index is 12.5. The highest BCUT2D eigenvalue weighted by molar-refractivity contribution is 5.80. The number of hydrogen-bond donors (Lipinski definition) is 2. The van der Waals surface area contributed by atoms with E-state index in [1.807, 2.05) is 37.3 Å². The van der Waals surface area contributed by atoms with Crippen molar-refractivity contribution in [3.05, 3.63) is 35.9 Å². The number of carboxylic acids is 1. The van der Waals surface area contributed by atoms with Crippen LogP contribution in [0.3, 0.4) is 0 Å². The number of aliphatic carboxylic acids is 1. The highest BCUT2D eigenvalue weighted by Crippen LogP contribution is 2.21. The molecule has 0 spiro atoms. The van der Waals surface area contributed by atoms with Gasteiger partial charge in [0.05, 0.1) is 11.8 Å². The number of nitrogens with two attached hydrogens (primary N) is 1. The number of amides is 1. The van der Waals surface area contributed by atoms with Crippen molar-refractivity contribution in [1.29, 1.82) is 0 Å². The molecule has 21 heavy (non-hydrogen) atoms. The van der Waals surface area contributed by atoms with Crippen LogP contribution in [0.4, 0.5) is 0 Å².